The Morgan fingerprint density at radius 1 is 0.960 bits per heavy atom. The Balaban J connectivity index is 1.61. The van der Waals surface area contributed by atoms with Gasteiger partial charge in [-0.05, 0) is 25.0 Å². The summed E-state index contributed by atoms with van der Waals surface area (Å²) >= 11 is 0. The molecule has 1 aromatic carbocycles. The highest BCUT2D eigenvalue weighted by molar-refractivity contribution is 5.98. The van der Waals surface area contributed by atoms with Gasteiger partial charge in [0, 0.05) is 30.8 Å². The first-order valence-corrected chi connectivity index (χ1v) is 8.14. The van der Waals surface area contributed by atoms with Crippen molar-refractivity contribution < 1.29 is 19.5 Å². The van der Waals surface area contributed by atoms with Crippen molar-refractivity contribution in [2.45, 2.75) is 12.8 Å². The van der Waals surface area contributed by atoms with Gasteiger partial charge in [0.15, 0.2) is 5.78 Å². The summed E-state index contributed by atoms with van der Waals surface area (Å²) in [5, 5.41) is 8.85. The molecule has 2 heterocycles. The van der Waals surface area contributed by atoms with E-state index in [0.717, 1.165) is 0 Å². The molecular weight excluding hydrogens is 320 g/mol. The number of aromatic nitrogens is 1. The number of Topliss-reactive ketones (excluding diaryl/α,β-unsaturated/α-hetero) is 1. The van der Waals surface area contributed by atoms with Crippen LogP contribution in [0.1, 0.15) is 44.0 Å². The number of carbonyl (C=O) groups excluding carboxylic acids is 2. The minimum absolute atomic E-state index is 0.0704. The molecule has 1 aliphatic heterocycles. The van der Waals surface area contributed by atoms with Crippen molar-refractivity contribution in [1.82, 2.24) is 9.88 Å². The molecule has 3 rings (SSSR count). The van der Waals surface area contributed by atoms with Gasteiger partial charge in [-0.25, -0.2) is 9.78 Å². The predicted molar refractivity (Wildman–Crippen MR) is 90.6 cm³/mol. The maximum absolute atomic E-state index is 12.5. The maximum atomic E-state index is 12.5. The smallest absolute Gasteiger partial charge is 0.354 e. The predicted octanol–water partition coefficient (Wildman–Crippen LogP) is 2.51. The van der Waals surface area contributed by atoms with Crippen LogP contribution < -0.4 is 0 Å². The normalized spacial score (nSPS) is 15.0. The average Bonchev–Trinajstić information content (AvgIpc) is 2.67. The standard InChI is InChI=1S/C19H18N2O4/c22-17(13-4-2-1-3-5-13)14-8-10-21(11-9-14)18(23)15-6-7-16(19(24)25)20-12-15/h1-7,12,14H,8-11H2,(H,24,25). The van der Waals surface area contributed by atoms with Crippen molar-refractivity contribution in [3.8, 4) is 0 Å². The van der Waals surface area contributed by atoms with Crippen molar-refractivity contribution in [3.63, 3.8) is 0 Å². The van der Waals surface area contributed by atoms with E-state index in [2.05, 4.69) is 4.98 Å². The maximum Gasteiger partial charge on any atom is 0.354 e. The lowest BCUT2D eigenvalue weighted by Crippen LogP contribution is -2.40. The van der Waals surface area contributed by atoms with Crippen LogP contribution in [0.3, 0.4) is 0 Å². The summed E-state index contributed by atoms with van der Waals surface area (Å²) in [5.41, 5.74) is 0.974. The number of pyridine rings is 1. The number of piperidine rings is 1. The molecule has 0 saturated carbocycles. The molecule has 1 N–H and O–H groups in total. The molecule has 6 nitrogen and oxygen atoms in total. The molecule has 1 saturated heterocycles. The lowest BCUT2D eigenvalue weighted by Gasteiger charge is -2.31. The van der Waals surface area contributed by atoms with Crippen molar-refractivity contribution in [2.75, 3.05) is 13.1 Å². The van der Waals surface area contributed by atoms with E-state index in [1.54, 1.807) is 4.90 Å². The van der Waals surface area contributed by atoms with Gasteiger partial charge in [0.05, 0.1) is 5.56 Å². The van der Waals surface area contributed by atoms with Crippen molar-refractivity contribution in [2.24, 2.45) is 5.92 Å². The van der Waals surface area contributed by atoms with E-state index in [-0.39, 0.29) is 23.3 Å². The van der Waals surface area contributed by atoms with Gasteiger partial charge in [-0.3, -0.25) is 9.59 Å². The summed E-state index contributed by atoms with van der Waals surface area (Å²) in [7, 11) is 0. The number of ketones is 1. The number of carboxylic acid groups (broad SMARTS) is 1. The van der Waals surface area contributed by atoms with Gasteiger partial charge >= 0.3 is 5.97 Å². The van der Waals surface area contributed by atoms with Gasteiger partial charge in [0.1, 0.15) is 5.69 Å². The Bertz CT molecular complexity index is 779. The largest absolute Gasteiger partial charge is 0.477 e. The van der Waals surface area contributed by atoms with Crippen molar-refractivity contribution in [1.29, 1.82) is 0 Å². The second kappa shape index (κ2) is 7.25. The lowest BCUT2D eigenvalue weighted by molar-refractivity contribution is 0.0648. The van der Waals surface area contributed by atoms with Crippen LogP contribution in [0.15, 0.2) is 48.7 Å². The summed E-state index contributed by atoms with van der Waals surface area (Å²) in [4.78, 5) is 41.2. The quantitative estimate of drug-likeness (QED) is 0.866. The summed E-state index contributed by atoms with van der Waals surface area (Å²) in [6.07, 6.45) is 2.53. The van der Waals surface area contributed by atoms with E-state index in [9.17, 15) is 14.4 Å². The molecule has 0 atom stereocenters. The minimum atomic E-state index is -1.13. The molecule has 0 bridgehead atoms. The third-order valence-electron chi connectivity index (χ3n) is 4.44. The second-order valence-corrected chi connectivity index (χ2v) is 6.03. The Kier molecular flexibility index (Phi) is 4.88. The second-order valence-electron chi connectivity index (χ2n) is 6.03. The number of nitrogens with zero attached hydrogens (tertiary/aromatic N) is 2. The summed E-state index contributed by atoms with van der Waals surface area (Å²) < 4.78 is 0. The van der Waals surface area contributed by atoms with Crippen LogP contribution in [0.5, 0.6) is 0 Å². The van der Waals surface area contributed by atoms with Gasteiger partial charge in [0.2, 0.25) is 0 Å². The van der Waals surface area contributed by atoms with E-state index in [1.807, 2.05) is 30.3 Å². The summed E-state index contributed by atoms with van der Waals surface area (Å²) in [5.74, 6) is -1.26. The molecular formula is C19H18N2O4. The topological polar surface area (TPSA) is 87.6 Å². The van der Waals surface area contributed by atoms with Gasteiger partial charge in [-0.2, -0.15) is 0 Å². The zero-order valence-corrected chi connectivity index (χ0v) is 13.6. The van der Waals surface area contributed by atoms with Crippen LogP contribution in [0, 0.1) is 5.92 Å². The number of carboxylic acids is 1. The highest BCUT2D eigenvalue weighted by Crippen LogP contribution is 2.23. The number of carbonyl (C=O) groups is 3. The Labute approximate surface area is 145 Å². The van der Waals surface area contributed by atoms with Crippen molar-refractivity contribution in [3.05, 3.63) is 65.5 Å². The minimum Gasteiger partial charge on any atom is -0.477 e. The summed E-state index contributed by atoms with van der Waals surface area (Å²) in [6, 6.07) is 12.0. The van der Waals surface area contributed by atoms with E-state index < -0.39 is 5.97 Å². The average molecular weight is 338 g/mol. The molecule has 1 amide bonds. The Morgan fingerprint density at radius 3 is 2.20 bits per heavy atom. The van der Waals surface area contributed by atoms with E-state index in [4.69, 9.17) is 5.11 Å². The van der Waals surface area contributed by atoms with E-state index in [0.29, 0.717) is 37.1 Å². The van der Waals surface area contributed by atoms with Gasteiger partial charge < -0.3 is 10.0 Å². The van der Waals surface area contributed by atoms with Gasteiger partial charge in [-0.1, -0.05) is 30.3 Å². The fraction of sp³-hybridized carbons (Fsp3) is 0.263. The third-order valence-corrected chi connectivity index (χ3v) is 4.44. The van der Waals surface area contributed by atoms with E-state index in [1.165, 1.54) is 18.3 Å². The van der Waals surface area contributed by atoms with Crippen LogP contribution in [0.4, 0.5) is 0 Å². The molecule has 1 aliphatic rings. The Morgan fingerprint density at radius 2 is 1.64 bits per heavy atom. The zero-order chi connectivity index (χ0) is 17.8. The fourth-order valence-corrected chi connectivity index (χ4v) is 3.01. The Hall–Kier alpha value is -3.02. The molecule has 0 unspecified atom stereocenters. The van der Waals surface area contributed by atoms with Gasteiger partial charge in [0.25, 0.3) is 5.91 Å². The van der Waals surface area contributed by atoms with Crippen LogP contribution in [0.25, 0.3) is 0 Å². The van der Waals surface area contributed by atoms with Gasteiger partial charge in [-0.15, -0.1) is 0 Å². The number of benzene rings is 1. The molecule has 1 aromatic heterocycles. The van der Waals surface area contributed by atoms with E-state index >= 15 is 0 Å². The van der Waals surface area contributed by atoms with Crippen molar-refractivity contribution >= 4 is 17.7 Å². The van der Waals surface area contributed by atoms with Crippen LogP contribution in [-0.2, 0) is 0 Å². The molecule has 0 spiro atoms. The number of amides is 1. The highest BCUT2D eigenvalue weighted by Gasteiger charge is 2.28. The lowest BCUT2D eigenvalue weighted by atomic mass is 9.88. The highest BCUT2D eigenvalue weighted by atomic mass is 16.4. The molecule has 2 aromatic rings. The molecule has 128 valence electrons. The first-order valence-electron chi connectivity index (χ1n) is 8.14. The zero-order valence-electron chi connectivity index (χ0n) is 13.6. The molecule has 6 heteroatoms. The number of rotatable bonds is 4. The third kappa shape index (κ3) is 3.74. The summed E-state index contributed by atoms with van der Waals surface area (Å²) in [6.45, 7) is 1.01. The van der Waals surface area contributed by atoms with Crippen LogP contribution in [-0.4, -0.2) is 45.7 Å². The fourth-order valence-electron chi connectivity index (χ4n) is 3.01. The number of hydrogen-bond acceptors (Lipinski definition) is 4. The molecule has 0 radical (unpaired) electrons. The first kappa shape index (κ1) is 16.8. The van der Waals surface area contributed by atoms with Crippen LogP contribution >= 0.6 is 0 Å². The molecule has 25 heavy (non-hydrogen) atoms. The number of hydrogen-bond donors (Lipinski definition) is 1. The first-order chi connectivity index (χ1) is 12.1. The molecule has 1 fully saturated rings. The SMILES string of the molecule is O=C(O)c1ccc(C(=O)N2CCC(C(=O)c3ccccc3)CC2)cn1. The molecule has 0 aliphatic carbocycles. The van der Waals surface area contributed by atoms with Crippen LogP contribution in [0.2, 0.25) is 0 Å². The number of likely N-dealkylation sites (tertiary alicyclic amines) is 1. The monoisotopic (exact) mass is 338 g/mol. The number of aromatic carboxylic acids is 1.